The van der Waals surface area contributed by atoms with Crippen LogP contribution in [0.15, 0.2) is 24.3 Å². The normalized spacial score (nSPS) is 11.7. The molecule has 112 valence electrons. The van der Waals surface area contributed by atoms with Gasteiger partial charge >= 0.3 is 6.18 Å². The van der Waals surface area contributed by atoms with Gasteiger partial charge in [-0.1, -0.05) is 29.8 Å². The van der Waals surface area contributed by atoms with E-state index in [1.807, 2.05) is 31.2 Å². The molecule has 0 radical (unpaired) electrons. The first kappa shape index (κ1) is 15.3. The summed E-state index contributed by atoms with van der Waals surface area (Å²) in [6.45, 7) is 5.16. The monoisotopic (exact) mass is 296 g/mol. The average Bonchev–Trinajstić information content (AvgIpc) is 2.62. The fourth-order valence-electron chi connectivity index (χ4n) is 2.30. The van der Waals surface area contributed by atoms with Crippen LogP contribution in [0, 0.1) is 20.8 Å². The summed E-state index contributed by atoms with van der Waals surface area (Å²) in [5.41, 5.74) is 1.96. The van der Waals surface area contributed by atoms with Gasteiger partial charge in [-0.15, -0.1) is 0 Å². The van der Waals surface area contributed by atoms with Crippen molar-refractivity contribution in [1.82, 2.24) is 9.78 Å². The van der Waals surface area contributed by atoms with Crippen molar-refractivity contribution < 1.29 is 18.0 Å². The quantitative estimate of drug-likeness (QED) is 0.811. The second kappa shape index (κ2) is 5.35. The third-order valence-electron chi connectivity index (χ3n) is 3.28. The summed E-state index contributed by atoms with van der Waals surface area (Å²) >= 11 is 0. The number of aryl methyl sites for hydroxylation is 2. The molecule has 1 aromatic heterocycles. The van der Waals surface area contributed by atoms with Crippen molar-refractivity contribution in [1.29, 1.82) is 0 Å². The van der Waals surface area contributed by atoms with Crippen LogP contribution < -0.4 is 0 Å². The summed E-state index contributed by atoms with van der Waals surface area (Å²) in [6.07, 6.45) is -4.88. The maximum atomic E-state index is 12.6. The van der Waals surface area contributed by atoms with E-state index in [2.05, 4.69) is 5.10 Å². The number of carbonyl (C=O) groups excluding carboxylic acids is 1. The van der Waals surface area contributed by atoms with Crippen molar-refractivity contribution in [2.75, 3.05) is 0 Å². The summed E-state index contributed by atoms with van der Waals surface area (Å²) in [5, 5.41) is 4.07. The van der Waals surface area contributed by atoms with E-state index in [0.717, 1.165) is 11.1 Å². The first-order chi connectivity index (χ1) is 9.70. The number of alkyl halides is 3. The van der Waals surface area contributed by atoms with E-state index in [1.54, 1.807) is 0 Å². The average molecular weight is 296 g/mol. The molecule has 0 aliphatic rings. The molecule has 6 heteroatoms. The molecule has 0 bridgehead atoms. The number of rotatable bonds is 3. The highest BCUT2D eigenvalue weighted by molar-refractivity contribution is 6.02. The van der Waals surface area contributed by atoms with Crippen LogP contribution in [0.4, 0.5) is 13.2 Å². The number of hydrogen-bond acceptors (Lipinski definition) is 2. The number of ketones is 1. The number of halogens is 3. The lowest BCUT2D eigenvalue weighted by Crippen LogP contribution is -2.24. The molecule has 21 heavy (non-hydrogen) atoms. The third kappa shape index (κ3) is 3.15. The first-order valence-electron chi connectivity index (χ1n) is 6.41. The van der Waals surface area contributed by atoms with E-state index >= 15 is 0 Å². The molecule has 0 aliphatic carbocycles. The molecule has 0 unspecified atom stereocenters. The Morgan fingerprint density at radius 3 is 2.48 bits per heavy atom. The van der Waals surface area contributed by atoms with E-state index in [9.17, 15) is 18.0 Å². The Morgan fingerprint density at radius 1 is 1.24 bits per heavy atom. The lowest BCUT2D eigenvalue weighted by Gasteiger charge is -2.07. The highest BCUT2D eigenvalue weighted by Crippen LogP contribution is 2.25. The van der Waals surface area contributed by atoms with Crippen LogP contribution in [0.2, 0.25) is 0 Å². The fraction of sp³-hybridized carbons (Fsp3) is 0.333. The molecule has 0 saturated heterocycles. The molecule has 0 N–H and O–H groups in total. The molecule has 0 atom stereocenters. The Morgan fingerprint density at radius 2 is 1.90 bits per heavy atom. The molecule has 1 aromatic carbocycles. The molecule has 0 aliphatic heterocycles. The summed E-state index contributed by atoms with van der Waals surface area (Å²) in [4.78, 5) is 11.4. The van der Waals surface area contributed by atoms with Crippen LogP contribution in [-0.2, 0) is 6.54 Å². The van der Waals surface area contributed by atoms with Gasteiger partial charge in [0, 0.05) is 5.69 Å². The van der Waals surface area contributed by atoms with Crippen molar-refractivity contribution in [3.63, 3.8) is 0 Å². The van der Waals surface area contributed by atoms with Gasteiger partial charge in [0.05, 0.1) is 17.8 Å². The number of carbonyl (C=O) groups is 1. The minimum absolute atomic E-state index is 0.0995. The molecular weight excluding hydrogens is 281 g/mol. The van der Waals surface area contributed by atoms with E-state index in [-0.39, 0.29) is 17.0 Å². The lowest BCUT2D eigenvalue weighted by atomic mass is 10.1. The number of benzene rings is 1. The standard InChI is InChI=1S/C15H15F3N2O/c1-9-5-4-6-12(7-9)8-20-11(3)13(10(2)19-20)14(21)15(16,17)18/h4-7H,8H2,1-3H3. The van der Waals surface area contributed by atoms with Crippen LogP contribution in [0.5, 0.6) is 0 Å². The highest BCUT2D eigenvalue weighted by Gasteiger charge is 2.42. The Bertz CT molecular complexity index is 687. The first-order valence-corrected chi connectivity index (χ1v) is 6.41. The zero-order valence-corrected chi connectivity index (χ0v) is 12.0. The van der Waals surface area contributed by atoms with E-state index in [4.69, 9.17) is 0 Å². The zero-order valence-electron chi connectivity index (χ0n) is 12.0. The minimum atomic E-state index is -4.88. The Balaban J connectivity index is 2.38. The predicted molar refractivity (Wildman–Crippen MR) is 72.4 cm³/mol. The second-order valence-corrected chi connectivity index (χ2v) is 5.02. The summed E-state index contributed by atoms with van der Waals surface area (Å²) in [7, 11) is 0. The van der Waals surface area contributed by atoms with Crippen molar-refractivity contribution in [2.45, 2.75) is 33.5 Å². The van der Waals surface area contributed by atoms with Gasteiger partial charge in [-0.25, -0.2) is 0 Å². The highest BCUT2D eigenvalue weighted by atomic mass is 19.4. The topological polar surface area (TPSA) is 34.9 Å². The van der Waals surface area contributed by atoms with Gasteiger partial charge in [-0.05, 0) is 26.3 Å². The van der Waals surface area contributed by atoms with Crippen LogP contribution in [0.3, 0.4) is 0 Å². The van der Waals surface area contributed by atoms with Gasteiger partial charge in [0.25, 0.3) is 5.78 Å². The zero-order chi connectivity index (χ0) is 15.8. The van der Waals surface area contributed by atoms with E-state index in [1.165, 1.54) is 18.5 Å². The largest absolute Gasteiger partial charge is 0.455 e. The predicted octanol–water partition coefficient (Wildman–Crippen LogP) is 3.60. The van der Waals surface area contributed by atoms with E-state index < -0.39 is 12.0 Å². The third-order valence-corrected chi connectivity index (χ3v) is 3.28. The maximum absolute atomic E-state index is 12.6. The smallest absolute Gasteiger partial charge is 0.284 e. The van der Waals surface area contributed by atoms with E-state index in [0.29, 0.717) is 6.54 Å². The van der Waals surface area contributed by atoms with Crippen molar-refractivity contribution in [2.24, 2.45) is 0 Å². The molecule has 1 heterocycles. The maximum Gasteiger partial charge on any atom is 0.455 e. The molecule has 0 spiro atoms. The number of nitrogens with zero attached hydrogens (tertiary/aromatic N) is 2. The van der Waals surface area contributed by atoms with Crippen LogP contribution in [0.25, 0.3) is 0 Å². The number of Topliss-reactive ketones (excluding diaryl/α,β-unsaturated/α-hetero) is 1. The molecule has 0 amide bonds. The molecule has 2 rings (SSSR count). The number of aromatic nitrogens is 2. The van der Waals surface area contributed by atoms with Gasteiger partial charge in [0.15, 0.2) is 0 Å². The minimum Gasteiger partial charge on any atom is -0.284 e. The number of hydrogen-bond donors (Lipinski definition) is 0. The van der Waals surface area contributed by atoms with Gasteiger partial charge in [-0.2, -0.15) is 18.3 Å². The SMILES string of the molecule is Cc1cccc(Cn2nc(C)c(C(=O)C(F)(F)F)c2C)c1. The van der Waals surface area contributed by atoms with Crippen LogP contribution in [0.1, 0.15) is 32.9 Å². The fourth-order valence-corrected chi connectivity index (χ4v) is 2.30. The second-order valence-electron chi connectivity index (χ2n) is 5.02. The van der Waals surface area contributed by atoms with Crippen LogP contribution in [-0.4, -0.2) is 21.7 Å². The van der Waals surface area contributed by atoms with Gasteiger partial charge < -0.3 is 0 Å². The Labute approximate surface area is 120 Å². The Hall–Kier alpha value is -2.11. The van der Waals surface area contributed by atoms with Crippen molar-refractivity contribution >= 4 is 5.78 Å². The molecule has 0 fully saturated rings. The summed E-state index contributed by atoms with van der Waals surface area (Å²) in [5.74, 6) is -1.84. The van der Waals surface area contributed by atoms with Gasteiger partial charge in [-0.3, -0.25) is 9.48 Å². The van der Waals surface area contributed by atoms with Crippen LogP contribution >= 0.6 is 0 Å². The molecule has 0 saturated carbocycles. The Kier molecular flexibility index (Phi) is 3.89. The molecule has 3 nitrogen and oxygen atoms in total. The van der Waals surface area contributed by atoms with Gasteiger partial charge in [0.2, 0.25) is 0 Å². The lowest BCUT2D eigenvalue weighted by molar-refractivity contribution is -0.0886. The van der Waals surface area contributed by atoms with Gasteiger partial charge in [0.1, 0.15) is 0 Å². The summed E-state index contributed by atoms with van der Waals surface area (Å²) in [6, 6.07) is 7.61. The molecule has 2 aromatic rings. The summed E-state index contributed by atoms with van der Waals surface area (Å²) < 4.78 is 39.2. The van der Waals surface area contributed by atoms with Crippen molar-refractivity contribution in [3.05, 3.63) is 52.3 Å². The molecular formula is C15H15F3N2O. The van der Waals surface area contributed by atoms with Crippen molar-refractivity contribution in [3.8, 4) is 0 Å².